The molecule has 0 bridgehead atoms. The molecule has 0 N–H and O–H groups in total. The number of aryl methyl sites for hydroxylation is 2. The highest BCUT2D eigenvalue weighted by atomic mass is 79.9. The third kappa shape index (κ3) is 3.08. The zero-order chi connectivity index (χ0) is 28.7. The molecule has 3 aliphatic rings. The maximum absolute atomic E-state index is 3.90. The Labute approximate surface area is 264 Å². The van der Waals surface area contributed by atoms with Crippen molar-refractivity contribution >= 4 is 53.4 Å². The second kappa shape index (κ2) is 8.24. The first-order valence-corrected chi connectivity index (χ1v) is 16.5. The first-order valence-electron chi connectivity index (χ1n) is 15.0. The molecule has 0 saturated heterocycles. The van der Waals surface area contributed by atoms with Crippen molar-refractivity contribution < 1.29 is 0 Å². The molecule has 0 unspecified atom stereocenters. The van der Waals surface area contributed by atoms with E-state index in [1.807, 2.05) is 0 Å². The summed E-state index contributed by atoms with van der Waals surface area (Å²) < 4.78 is 2.37. The lowest BCUT2D eigenvalue weighted by molar-refractivity contribution is 0.658. The minimum atomic E-state index is -0.0682. The van der Waals surface area contributed by atoms with E-state index in [9.17, 15) is 0 Å². The van der Waals surface area contributed by atoms with Crippen LogP contribution in [0.15, 0.2) is 93.9 Å². The van der Waals surface area contributed by atoms with Gasteiger partial charge in [-0.15, -0.1) is 0 Å². The van der Waals surface area contributed by atoms with Gasteiger partial charge in [-0.3, -0.25) is 0 Å². The lowest BCUT2D eigenvalue weighted by Crippen LogP contribution is -2.17. The van der Waals surface area contributed by atoms with Crippen LogP contribution in [0.5, 0.6) is 0 Å². The lowest BCUT2D eigenvalue weighted by atomic mass is 9.76. The van der Waals surface area contributed by atoms with E-state index in [2.05, 4.69) is 144 Å². The van der Waals surface area contributed by atoms with Crippen molar-refractivity contribution in [1.29, 1.82) is 0 Å². The molecule has 3 aliphatic carbocycles. The summed E-state index contributed by atoms with van der Waals surface area (Å²) in [6.07, 6.45) is 2.16. The van der Waals surface area contributed by atoms with Crippen LogP contribution in [0.1, 0.15) is 61.1 Å². The molecule has 0 radical (unpaired) electrons. The van der Waals surface area contributed by atoms with Gasteiger partial charge in [0, 0.05) is 19.8 Å². The summed E-state index contributed by atoms with van der Waals surface area (Å²) in [5, 5.41) is 5.28. The molecule has 204 valence electrons. The molecule has 6 aromatic carbocycles. The van der Waals surface area contributed by atoms with Crippen LogP contribution in [0, 0.1) is 0 Å². The zero-order valence-electron chi connectivity index (χ0n) is 24.3. The summed E-state index contributed by atoms with van der Waals surface area (Å²) in [5.41, 5.74) is 17.1. The van der Waals surface area contributed by atoms with Crippen LogP contribution in [0.3, 0.4) is 0 Å². The normalized spacial score (nSPS) is 16.5. The SMILES string of the molecule is CC1(C)c2cc3c(cc2-c2c1cc(Br)c1ccccc21)CCc1cc2c(cc1-3)C(C)(C)c1cc(Br)c3ccccc3c1-2. The Bertz CT molecular complexity index is 2050. The van der Waals surface area contributed by atoms with Crippen LogP contribution in [-0.4, -0.2) is 0 Å². The van der Waals surface area contributed by atoms with Crippen LogP contribution < -0.4 is 0 Å². The summed E-state index contributed by atoms with van der Waals surface area (Å²) in [6.45, 7) is 9.61. The molecule has 0 nitrogen and oxygen atoms in total. The van der Waals surface area contributed by atoms with Gasteiger partial charge in [0.05, 0.1) is 0 Å². The van der Waals surface area contributed by atoms with Gasteiger partial charge >= 0.3 is 0 Å². The van der Waals surface area contributed by atoms with E-state index in [0.29, 0.717) is 0 Å². The van der Waals surface area contributed by atoms with Crippen LogP contribution in [0.2, 0.25) is 0 Å². The van der Waals surface area contributed by atoms with Gasteiger partial charge in [-0.25, -0.2) is 0 Å². The first kappa shape index (κ1) is 25.3. The van der Waals surface area contributed by atoms with Crippen LogP contribution in [0.4, 0.5) is 0 Å². The van der Waals surface area contributed by atoms with E-state index in [-0.39, 0.29) is 10.8 Å². The molecule has 2 heteroatoms. The minimum absolute atomic E-state index is 0.0682. The highest BCUT2D eigenvalue weighted by Crippen LogP contribution is 2.57. The number of hydrogen-bond donors (Lipinski definition) is 0. The van der Waals surface area contributed by atoms with Gasteiger partial charge in [0.15, 0.2) is 0 Å². The Kier molecular flexibility index (Phi) is 4.97. The fourth-order valence-electron chi connectivity index (χ4n) is 8.44. The summed E-state index contributed by atoms with van der Waals surface area (Å²) >= 11 is 7.81. The van der Waals surface area contributed by atoms with Gasteiger partial charge in [-0.1, -0.05) is 120 Å². The third-order valence-electron chi connectivity index (χ3n) is 10.7. The molecule has 9 rings (SSSR count). The molecule has 0 saturated carbocycles. The third-order valence-corrected chi connectivity index (χ3v) is 12.0. The molecular weight excluding hydrogens is 640 g/mol. The number of benzene rings is 6. The molecular formula is C40H30Br2. The first-order chi connectivity index (χ1) is 20.2. The number of fused-ring (bicyclic) bond motifs is 13. The average molecular weight is 670 g/mol. The van der Waals surface area contributed by atoms with Gasteiger partial charge < -0.3 is 0 Å². The Morgan fingerprint density at radius 2 is 0.833 bits per heavy atom. The predicted octanol–water partition coefficient (Wildman–Crippen LogP) is 11.9. The zero-order valence-corrected chi connectivity index (χ0v) is 27.4. The van der Waals surface area contributed by atoms with Gasteiger partial charge in [0.25, 0.3) is 0 Å². The van der Waals surface area contributed by atoms with Crippen LogP contribution in [-0.2, 0) is 23.7 Å². The molecule has 0 fully saturated rings. The second-order valence-corrected chi connectivity index (χ2v) is 15.2. The van der Waals surface area contributed by atoms with Crippen molar-refractivity contribution in [2.45, 2.75) is 51.4 Å². The van der Waals surface area contributed by atoms with Gasteiger partial charge in [-0.05, 0) is 125 Å². The molecule has 42 heavy (non-hydrogen) atoms. The largest absolute Gasteiger partial charge is 0.0616 e. The summed E-state index contributed by atoms with van der Waals surface area (Å²) in [5.74, 6) is 0. The van der Waals surface area contributed by atoms with E-state index < -0.39 is 0 Å². The van der Waals surface area contributed by atoms with Gasteiger partial charge in [0.2, 0.25) is 0 Å². The average Bonchev–Trinajstić information content (AvgIpc) is 3.34. The summed E-state index contributed by atoms with van der Waals surface area (Å²) in [7, 11) is 0. The predicted molar refractivity (Wildman–Crippen MR) is 185 cm³/mol. The van der Waals surface area contributed by atoms with Gasteiger partial charge in [-0.2, -0.15) is 0 Å². The van der Waals surface area contributed by atoms with Crippen molar-refractivity contribution in [3.63, 3.8) is 0 Å². The van der Waals surface area contributed by atoms with Crippen molar-refractivity contribution in [2.24, 2.45) is 0 Å². The Morgan fingerprint density at radius 3 is 1.24 bits per heavy atom. The molecule has 0 amide bonds. The lowest BCUT2D eigenvalue weighted by Gasteiger charge is -2.28. The fraction of sp³-hybridized carbons (Fsp3) is 0.200. The van der Waals surface area contributed by atoms with E-state index >= 15 is 0 Å². The molecule has 0 aliphatic heterocycles. The topological polar surface area (TPSA) is 0 Å². The molecule has 6 aromatic rings. The Balaban J connectivity index is 1.29. The highest BCUT2D eigenvalue weighted by Gasteiger charge is 2.41. The molecule has 0 atom stereocenters. The molecule has 0 heterocycles. The highest BCUT2D eigenvalue weighted by molar-refractivity contribution is 9.11. The maximum Gasteiger partial charge on any atom is 0.0257 e. The smallest absolute Gasteiger partial charge is 0.0257 e. The standard InChI is InChI=1S/C40H30Br2/c1-39(2)31-17-27-21(15-29(31)37-25-11-7-5-9-23(25)35(41)19-33(37)39)13-14-22-16-30-32(18-28(22)27)40(3,4)34-20-36(42)24-10-6-8-12-26(24)38(30)34/h5-12,15-20H,13-14H2,1-4H3. The van der Waals surface area contributed by atoms with E-state index in [1.165, 1.54) is 97.3 Å². The number of rotatable bonds is 0. The Morgan fingerprint density at radius 1 is 0.452 bits per heavy atom. The molecule has 0 aromatic heterocycles. The fourth-order valence-corrected chi connectivity index (χ4v) is 9.59. The number of hydrogen-bond acceptors (Lipinski definition) is 0. The molecule has 0 spiro atoms. The van der Waals surface area contributed by atoms with E-state index in [1.54, 1.807) is 0 Å². The van der Waals surface area contributed by atoms with E-state index in [0.717, 1.165) is 12.8 Å². The summed E-state index contributed by atoms with van der Waals surface area (Å²) in [6, 6.07) is 32.6. The van der Waals surface area contributed by atoms with Crippen molar-refractivity contribution in [1.82, 2.24) is 0 Å². The maximum atomic E-state index is 3.90. The minimum Gasteiger partial charge on any atom is -0.0616 e. The van der Waals surface area contributed by atoms with Crippen molar-refractivity contribution in [2.75, 3.05) is 0 Å². The van der Waals surface area contributed by atoms with Gasteiger partial charge in [0.1, 0.15) is 0 Å². The van der Waals surface area contributed by atoms with E-state index in [4.69, 9.17) is 0 Å². The summed E-state index contributed by atoms with van der Waals surface area (Å²) in [4.78, 5) is 0. The van der Waals surface area contributed by atoms with Crippen LogP contribution in [0.25, 0.3) is 54.9 Å². The quantitative estimate of drug-likeness (QED) is 0.151. The monoisotopic (exact) mass is 668 g/mol. The van der Waals surface area contributed by atoms with Crippen molar-refractivity contribution in [3.05, 3.63) is 127 Å². The van der Waals surface area contributed by atoms with Crippen LogP contribution >= 0.6 is 31.9 Å². The Hall–Kier alpha value is -3.20. The second-order valence-electron chi connectivity index (χ2n) is 13.5. The number of halogens is 2. The van der Waals surface area contributed by atoms with Crippen molar-refractivity contribution in [3.8, 4) is 33.4 Å².